The second-order valence-electron chi connectivity index (χ2n) is 4.57. The molecule has 0 unspecified atom stereocenters. The minimum absolute atomic E-state index is 0.273. The number of nitrogens with one attached hydrogen (secondary N) is 1. The van der Waals surface area contributed by atoms with Gasteiger partial charge in [-0.15, -0.1) is 5.54 Å². The fraction of sp³-hybridized carbons (Fsp3) is 0.250. The van der Waals surface area contributed by atoms with E-state index in [1.165, 1.54) is 0 Å². The molecular weight excluding hydrogens is 232 g/mol. The summed E-state index contributed by atoms with van der Waals surface area (Å²) >= 11 is 4.78. The standard InChI is InChI=1S/C12H16N2SSi/c1-16(2,3)8-7-10-5-4-6-11(9-10)14-12(13)15/h4-6,9H,1-3H3,(H3,13,14,15). The molecule has 0 aliphatic carbocycles. The molecule has 1 aromatic rings. The molecular formula is C12H16N2SSi. The van der Waals surface area contributed by atoms with Gasteiger partial charge in [0, 0.05) is 11.3 Å². The first-order valence-corrected chi connectivity index (χ1v) is 8.97. The number of anilines is 1. The zero-order chi connectivity index (χ0) is 12.2. The van der Waals surface area contributed by atoms with Gasteiger partial charge in [-0.25, -0.2) is 0 Å². The van der Waals surface area contributed by atoms with Crippen LogP contribution in [0.5, 0.6) is 0 Å². The average Bonchev–Trinajstić information content (AvgIpc) is 2.13. The van der Waals surface area contributed by atoms with Crippen LogP contribution >= 0.6 is 12.2 Å². The lowest BCUT2D eigenvalue weighted by molar-refractivity contribution is 1.58. The fourth-order valence-electron chi connectivity index (χ4n) is 1.08. The van der Waals surface area contributed by atoms with Crippen molar-refractivity contribution in [1.29, 1.82) is 0 Å². The lowest BCUT2D eigenvalue weighted by Gasteiger charge is -2.05. The molecule has 1 rings (SSSR count). The van der Waals surface area contributed by atoms with Crippen LogP contribution in [-0.4, -0.2) is 13.2 Å². The number of benzene rings is 1. The van der Waals surface area contributed by atoms with E-state index in [9.17, 15) is 0 Å². The zero-order valence-corrected chi connectivity index (χ0v) is 11.6. The molecule has 0 atom stereocenters. The highest BCUT2D eigenvalue weighted by molar-refractivity contribution is 7.80. The first-order chi connectivity index (χ1) is 7.37. The van der Waals surface area contributed by atoms with Crippen LogP contribution in [0.1, 0.15) is 5.56 Å². The summed E-state index contributed by atoms with van der Waals surface area (Å²) < 4.78 is 0. The lowest BCUT2D eigenvalue weighted by Crippen LogP contribution is -2.18. The van der Waals surface area contributed by atoms with Crippen molar-refractivity contribution in [2.24, 2.45) is 5.73 Å². The molecule has 0 saturated heterocycles. The van der Waals surface area contributed by atoms with Crippen LogP contribution in [0.4, 0.5) is 5.69 Å². The fourth-order valence-corrected chi connectivity index (χ4v) is 1.71. The van der Waals surface area contributed by atoms with Crippen LogP contribution in [-0.2, 0) is 0 Å². The van der Waals surface area contributed by atoms with Gasteiger partial charge >= 0.3 is 0 Å². The molecule has 0 saturated carbocycles. The highest BCUT2D eigenvalue weighted by atomic mass is 32.1. The van der Waals surface area contributed by atoms with Gasteiger partial charge in [0.05, 0.1) is 0 Å². The highest BCUT2D eigenvalue weighted by Gasteiger charge is 2.07. The predicted octanol–water partition coefficient (Wildman–Crippen LogP) is 2.57. The van der Waals surface area contributed by atoms with Crippen molar-refractivity contribution < 1.29 is 0 Å². The maximum atomic E-state index is 5.41. The van der Waals surface area contributed by atoms with Gasteiger partial charge in [-0.2, -0.15) is 0 Å². The van der Waals surface area contributed by atoms with E-state index in [0.717, 1.165) is 11.3 Å². The third-order valence-electron chi connectivity index (χ3n) is 1.71. The minimum atomic E-state index is -1.32. The average molecular weight is 248 g/mol. The van der Waals surface area contributed by atoms with Crippen LogP contribution in [0, 0.1) is 11.5 Å². The van der Waals surface area contributed by atoms with Crippen molar-refractivity contribution in [2.75, 3.05) is 5.32 Å². The molecule has 84 valence electrons. The van der Waals surface area contributed by atoms with E-state index in [-0.39, 0.29) is 5.11 Å². The van der Waals surface area contributed by atoms with Crippen molar-refractivity contribution in [3.63, 3.8) is 0 Å². The summed E-state index contributed by atoms with van der Waals surface area (Å²) in [5, 5.41) is 3.17. The zero-order valence-electron chi connectivity index (χ0n) is 9.79. The molecule has 0 spiro atoms. The van der Waals surface area contributed by atoms with Gasteiger partial charge in [0.25, 0.3) is 0 Å². The third-order valence-corrected chi connectivity index (χ3v) is 2.69. The Balaban J connectivity index is 2.89. The van der Waals surface area contributed by atoms with Gasteiger partial charge in [-0.05, 0) is 30.4 Å². The second-order valence-corrected chi connectivity index (χ2v) is 9.76. The number of nitrogens with two attached hydrogens (primary N) is 1. The molecule has 0 bridgehead atoms. The van der Waals surface area contributed by atoms with Gasteiger partial charge in [0.1, 0.15) is 8.07 Å². The lowest BCUT2D eigenvalue weighted by atomic mass is 10.2. The molecule has 0 fully saturated rings. The first kappa shape index (κ1) is 12.8. The first-order valence-electron chi connectivity index (χ1n) is 5.06. The largest absolute Gasteiger partial charge is 0.376 e. The Bertz CT molecular complexity index is 452. The maximum absolute atomic E-state index is 5.41. The Morgan fingerprint density at radius 1 is 1.38 bits per heavy atom. The number of rotatable bonds is 1. The Morgan fingerprint density at radius 3 is 2.62 bits per heavy atom. The van der Waals surface area contributed by atoms with Crippen molar-refractivity contribution in [1.82, 2.24) is 0 Å². The van der Waals surface area contributed by atoms with Crippen LogP contribution in [0.15, 0.2) is 24.3 Å². The van der Waals surface area contributed by atoms with E-state index in [4.69, 9.17) is 18.0 Å². The summed E-state index contributed by atoms with van der Waals surface area (Å²) in [6.07, 6.45) is 0. The summed E-state index contributed by atoms with van der Waals surface area (Å²) in [6.45, 7) is 6.66. The molecule has 1 aromatic carbocycles. The van der Waals surface area contributed by atoms with Crippen molar-refractivity contribution in [3.05, 3.63) is 29.8 Å². The molecule has 4 heteroatoms. The van der Waals surface area contributed by atoms with Crippen LogP contribution in [0.3, 0.4) is 0 Å². The van der Waals surface area contributed by atoms with Crippen molar-refractivity contribution >= 4 is 31.1 Å². The van der Waals surface area contributed by atoms with E-state index in [0.29, 0.717) is 0 Å². The highest BCUT2D eigenvalue weighted by Crippen LogP contribution is 2.09. The van der Waals surface area contributed by atoms with Crippen molar-refractivity contribution in [2.45, 2.75) is 19.6 Å². The summed E-state index contributed by atoms with van der Waals surface area (Å²) in [5.74, 6) is 3.19. The molecule has 0 aromatic heterocycles. The van der Waals surface area contributed by atoms with E-state index in [1.807, 2.05) is 24.3 Å². The van der Waals surface area contributed by atoms with E-state index < -0.39 is 8.07 Å². The normalized spacial score (nSPS) is 10.2. The molecule has 16 heavy (non-hydrogen) atoms. The molecule has 2 nitrogen and oxygen atoms in total. The number of hydrogen-bond acceptors (Lipinski definition) is 1. The van der Waals surface area contributed by atoms with Gasteiger partial charge in [0.2, 0.25) is 0 Å². The molecule has 0 aliphatic rings. The van der Waals surface area contributed by atoms with E-state index in [2.05, 4.69) is 36.4 Å². The van der Waals surface area contributed by atoms with Crippen LogP contribution < -0.4 is 11.1 Å². The second kappa shape index (κ2) is 5.15. The summed E-state index contributed by atoms with van der Waals surface area (Å²) in [4.78, 5) is 0. The Kier molecular flexibility index (Phi) is 4.10. The minimum Gasteiger partial charge on any atom is -0.376 e. The topological polar surface area (TPSA) is 38.0 Å². The molecule has 0 amide bonds. The molecule has 0 aliphatic heterocycles. The monoisotopic (exact) mass is 248 g/mol. The predicted molar refractivity (Wildman–Crippen MR) is 77.1 cm³/mol. The maximum Gasteiger partial charge on any atom is 0.168 e. The van der Waals surface area contributed by atoms with Crippen LogP contribution in [0.25, 0.3) is 0 Å². The Labute approximate surface area is 103 Å². The summed E-state index contributed by atoms with van der Waals surface area (Å²) in [5.41, 5.74) is 10.6. The number of thiocarbonyl (C=S) groups is 1. The number of hydrogen-bond donors (Lipinski definition) is 2. The molecule has 0 heterocycles. The van der Waals surface area contributed by atoms with Crippen LogP contribution in [0.2, 0.25) is 19.6 Å². The smallest absolute Gasteiger partial charge is 0.168 e. The van der Waals surface area contributed by atoms with Crippen molar-refractivity contribution in [3.8, 4) is 11.5 Å². The summed E-state index contributed by atoms with van der Waals surface area (Å²) in [7, 11) is -1.32. The Morgan fingerprint density at radius 2 is 2.06 bits per heavy atom. The Hall–Kier alpha value is -1.31. The summed E-state index contributed by atoms with van der Waals surface area (Å²) in [6, 6.07) is 7.79. The van der Waals surface area contributed by atoms with Gasteiger partial charge in [-0.3, -0.25) is 0 Å². The van der Waals surface area contributed by atoms with Gasteiger partial charge in [0.15, 0.2) is 5.11 Å². The van der Waals surface area contributed by atoms with E-state index >= 15 is 0 Å². The molecule has 3 N–H and O–H groups in total. The van der Waals surface area contributed by atoms with Gasteiger partial charge < -0.3 is 11.1 Å². The third kappa shape index (κ3) is 4.96. The molecule has 0 radical (unpaired) electrons. The SMILES string of the molecule is C[Si](C)(C)C#Cc1cccc(NC(N)=S)c1. The van der Waals surface area contributed by atoms with E-state index in [1.54, 1.807) is 0 Å². The van der Waals surface area contributed by atoms with Gasteiger partial charge in [-0.1, -0.05) is 31.6 Å². The quantitative estimate of drug-likeness (QED) is 0.456.